The molecule has 0 aromatic heterocycles. The first-order valence-electron chi connectivity index (χ1n) is 6.90. The van der Waals surface area contributed by atoms with E-state index in [1.807, 2.05) is 11.8 Å². The minimum absolute atomic E-state index is 0.143. The van der Waals surface area contributed by atoms with E-state index in [0.29, 0.717) is 5.25 Å². The molecule has 3 rings (SSSR count). The van der Waals surface area contributed by atoms with Crippen LogP contribution in [0.25, 0.3) is 0 Å². The van der Waals surface area contributed by atoms with Crippen molar-refractivity contribution in [2.75, 3.05) is 0 Å². The molecular weight excluding hydrogens is 250 g/mol. The van der Waals surface area contributed by atoms with Crippen LogP contribution in [0.2, 0.25) is 0 Å². The molecule has 1 aliphatic carbocycles. The summed E-state index contributed by atoms with van der Waals surface area (Å²) in [6.45, 7) is 0. The Morgan fingerprint density at radius 1 is 0.947 bits per heavy atom. The third-order valence-electron chi connectivity index (χ3n) is 3.78. The van der Waals surface area contributed by atoms with Crippen LogP contribution < -0.4 is 5.73 Å². The number of fused-ring (bicyclic) bond motifs is 1. The van der Waals surface area contributed by atoms with Gasteiger partial charge in [0.25, 0.3) is 0 Å². The molecule has 0 radical (unpaired) electrons. The maximum Gasteiger partial charge on any atom is 0.0421 e. The van der Waals surface area contributed by atoms with Crippen LogP contribution in [0.3, 0.4) is 0 Å². The molecule has 98 valence electrons. The first kappa shape index (κ1) is 12.8. The third-order valence-corrected chi connectivity index (χ3v) is 5.16. The Morgan fingerprint density at radius 2 is 1.68 bits per heavy atom. The van der Waals surface area contributed by atoms with Gasteiger partial charge in [0.05, 0.1) is 0 Å². The highest BCUT2D eigenvalue weighted by atomic mass is 32.2. The van der Waals surface area contributed by atoms with Crippen LogP contribution in [-0.2, 0) is 6.42 Å². The van der Waals surface area contributed by atoms with E-state index in [1.54, 1.807) is 0 Å². The zero-order chi connectivity index (χ0) is 13.1. The van der Waals surface area contributed by atoms with Gasteiger partial charge in [-0.3, -0.25) is 0 Å². The maximum absolute atomic E-state index is 6.52. The molecule has 2 atom stereocenters. The highest BCUT2D eigenvalue weighted by molar-refractivity contribution is 8.00. The Morgan fingerprint density at radius 3 is 2.53 bits per heavy atom. The number of hydrogen-bond donors (Lipinski definition) is 1. The fraction of sp³-hybridized carbons (Fsp3) is 0.294. The average molecular weight is 269 g/mol. The van der Waals surface area contributed by atoms with Crippen LogP contribution >= 0.6 is 11.8 Å². The van der Waals surface area contributed by atoms with Gasteiger partial charge in [-0.2, -0.15) is 0 Å². The molecule has 0 aliphatic heterocycles. The average Bonchev–Trinajstić information content (AvgIpc) is 2.61. The van der Waals surface area contributed by atoms with Crippen molar-refractivity contribution in [2.24, 2.45) is 5.73 Å². The van der Waals surface area contributed by atoms with E-state index in [1.165, 1.54) is 28.9 Å². The summed E-state index contributed by atoms with van der Waals surface area (Å²) in [6, 6.07) is 19.4. The van der Waals surface area contributed by atoms with Gasteiger partial charge in [0.15, 0.2) is 0 Å². The number of thioether (sulfide) groups is 1. The zero-order valence-electron chi connectivity index (χ0n) is 11.0. The molecule has 0 saturated heterocycles. The van der Waals surface area contributed by atoms with E-state index in [-0.39, 0.29) is 6.04 Å². The molecule has 2 heteroatoms. The lowest BCUT2D eigenvalue weighted by molar-refractivity contribution is 0.632. The number of nitrogens with two attached hydrogens (primary N) is 1. The van der Waals surface area contributed by atoms with Crippen LogP contribution in [0, 0.1) is 0 Å². The van der Waals surface area contributed by atoms with Gasteiger partial charge in [-0.1, -0.05) is 42.5 Å². The van der Waals surface area contributed by atoms with Crippen LogP contribution in [0.4, 0.5) is 0 Å². The van der Waals surface area contributed by atoms with Gasteiger partial charge in [0.2, 0.25) is 0 Å². The zero-order valence-corrected chi connectivity index (χ0v) is 11.8. The van der Waals surface area contributed by atoms with Crippen LogP contribution in [-0.4, -0.2) is 5.25 Å². The molecule has 0 heterocycles. The Bertz CT molecular complexity index is 538. The number of rotatable bonds is 2. The van der Waals surface area contributed by atoms with Crippen LogP contribution in [0.15, 0.2) is 59.5 Å². The summed E-state index contributed by atoms with van der Waals surface area (Å²) < 4.78 is 0. The Kier molecular flexibility index (Phi) is 3.90. The molecule has 0 saturated carbocycles. The van der Waals surface area contributed by atoms with E-state index in [4.69, 9.17) is 5.73 Å². The predicted octanol–water partition coefficient (Wildman–Crippen LogP) is 4.18. The normalized spacial score (nSPS) is 22.6. The van der Waals surface area contributed by atoms with Crippen molar-refractivity contribution in [2.45, 2.75) is 35.4 Å². The van der Waals surface area contributed by atoms with Gasteiger partial charge < -0.3 is 5.73 Å². The monoisotopic (exact) mass is 269 g/mol. The maximum atomic E-state index is 6.52. The number of aryl methyl sites for hydroxylation is 1. The molecule has 0 amide bonds. The molecule has 0 fully saturated rings. The predicted molar refractivity (Wildman–Crippen MR) is 82.4 cm³/mol. The van der Waals surface area contributed by atoms with E-state index >= 15 is 0 Å². The molecule has 2 aromatic carbocycles. The highest BCUT2D eigenvalue weighted by Crippen LogP contribution is 2.37. The van der Waals surface area contributed by atoms with Crippen molar-refractivity contribution in [3.8, 4) is 0 Å². The number of hydrogen-bond acceptors (Lipinski definition) is 2. The highest BCUT2D eigenvalue weighted by Gasteiger charge is 2.25. The van der Waals surface area contributed by atoms with Crippen molar-refractivity contribution in [1.29, 1.82) is 0 Å². The second-order valence-electron chi connectivity index (χ2n) is 5.09. The molecule has 1 nitrogen and oxygen atoms in total. The lowest BCUT2D eigenvalue weighted by Crippen LogP contribution is -2.23. The summed E-state index contributed by atoms with van der Waals surface area (Å²) >= 11 is 1.92. The fourth-order valence-electron chi connectivity index (χ4n) is 2.77. The summed E-state index contributed by atoms with van der Waals surface area (Å²) in [5.74, 6) is 0. The molecule has 2 aromatic rings. The second kappa shape index (κ2) is 5.81. The van der Waals surface area contributed by atoms with E-state index < -0.39 is 0 Å². The van der Waals surface area contributed by atoms with Crippen molar-refractivity contribution in [1.82, 2.24) is 0 Å². The first-order valence-corrected chi connectivity index (χ1v) is 7.77. The molecule has 0 bridgehead atoms. The fourth-order valence-corrected chi connectivity index (χ4v) is 4.01. The van der Waals surface area contributed by atoms with Gasteiger partial charge in [-0.25, -0.2) is 0 Å². The van der Waals surface area contributed by atoms with Gasteiger partial charge in [0.1, 0.15) is 0 Å². The smallest absolute Gasteiger partial charge is 0.0421 e. The summed E-state index contributed by atoms with van der Waals surface area (Å²) in [4.78, 5) is 1.32. The minimum atomic E-state index is 0.143. The second-order valence-corrected chi connectivity index (χ2v) is 6.40. The van der Waals surface area contributed by atoms with Crippen molar-refractivity contribution < 1.29 is 0 Å². The van der Waals surface area contributed by atoms with Gasteiger partial charge in [0, 0.05) is 16.2 Å². The molecule has 2 N–H and O–H groups in total. The van der Waals surface area contributed by atoms with Crippen LogP contribution in [0.1, 0.15) is 30.0 Å². The molecule has 1 aliphatic rings. The third kappa shape index (κ3) is 2.85. The Balaban J connectivity index is 1.84. The quantitative estimate of drug-likeness (QED) is 0.828. The largest absolute Gasteiger partial charge is 0.323 e. The minimum Gasteiger partial charge on any atom is -0.323 e. The first-order chi connectivity index (χ1) is 9.34. The summed E-state index contributed by atoms with van der Waals surface area (Å²) in [5, 5.41) is 0.478. The Hall–Kier alpha value is -1.25. The number of benzene rings is 2. The molecule has 2 unspecified atom stereocenters. The van der Waals surface area contributed by atoms with Crippen molar-refractivity contribution in [3.63, 3.8) is 0 Å². The summed E-state index contributed by atoms with van der Waals surface area (Å²) in [7, 11) is 0. The van der Waals surface area contributed by atoms with E-state index in [0.717, 1.165) is 6.42 Å². The molecular formula is C17H19NS. The van der Waals surface area contributed by atoms with E-state index in [2.05, 4.69) is 54.6 Å². The standard InChI is InChI=1S/C17H19NS/c18-17-15-11-5-4-7-13(15)8-6-12-16(17)19-14-9-2-1-3-10-14/h1-5,7,9-11,16-17H,6,8,12,18H2. The van der Waals surface area contributed by atoms with Crippen molar-refractivity contribution >= 4 is 11.8 Å². The topological polar surface area (TPSA) is 26.0 Å². The van der Waals surface area contributed by atoms with E-state index in [9.17, 15) is 0 Å². The molecule has 19 heavy (non-hydrogen) atoms. The molecule has 0 spiro atoms. The lowest BCUT2D eigenvalue weighted by atomic mass is 10.00. The lowest BCUT2D eigenvalue weighted by Gasteiger charge is -2.22. The van der Waals surface area contributed by atoms with Gasteiger partial charge in [-0.05, 0) is 42.5 Å². The summed E-state index contributed by atoms with van der Waals surface area (Å²) in [5.41, 5.74) is 9.30. The van der Waals surface area contributed by atoms with Crippen molar-refractivity contribution in [3.05, 3.63) is 65.7 Å². The Labute approximate surface area is 119 Å². The van der Waals surface area contributed by atoms with Gasteiger partial charge >= 0.3 is 0 Å². The van der Waals surface area contributed by atoms with Crippen LogP contribution in [0.5, 0.6) is 0 Å². The van der Waals surface area contributed by atoms with Gasteiger partial charge in [-0.15, -0.1) is 11.8 Å². The summed E-state index contributed by atoms with van der Waals surface area (Å²) in [6.07, 6.45) is 3.58. The SMILES string of the molecule is NC1c2ccccc2CCCC1Sc1ccccc1.